The summed E-state index contributed by atoms with van der Waals surface area (Å²) in [6.07, 6.45) is 2.60. The van der Waals surface area contributed by atoms with Gasteiger partial charge in [-0.2, -0.15) is 0 Å². The van der Waals surface area contributed by atoms with E-state index in [4.69, 9.17) is 9.47 Å². The molecule has 4 nitrogen and oxygen atoms in total. The zero-order valence-electron chi connectivity index (χ0n) is 12.8. The van der Waals surface area contributed by atoms with Crippen molar-refractivity contribution in [2.24, 2.45) is 0 Å². The number of hydrogen-bond donors (Lipinski definition) is 0. The standard InChI is InChI=1S/C16H24N2O2/c1-5-19-16(20-6-2)7-8-18-11-17-14-9-12(3)13(4)10-15(14)18/h9-11,16H,5-8H2,1-4H3. The van der Waals surface area contributed by atoms with Gasteiger partial charge in [0, 0.05) is 26.2 Å². The maximum atomic E-state index is 5.58. The summed E-state index contributed by atoms with van der Waals surface area (Å²) in [5.74, 6) is 0. The van der Waals surface area contributed by atoms with Crippen molar-refractivity contribution in [2.75, 3.05) is 13.2 Å². The van der Waals surface area contributed by atoms with Crippen LogP contribution in [0.3, 0.4) is 0 Å². The van der Waals surface area contributed by atoms with E-state index >= 15 is 0 Å². The number of aryl methyl sites for hydroxylation is 3. The third-order valence-electron chi connectivity index (χ3n) is 3.55. The minimum absolute atomic E-state index is 0.131. The first-order valence-corrected chi connectivity index (χ1v) is 7.31. The van der Waals surface area contributed by atoms with Crippen molar-refractivity contribution in [1.29, 1.82) is 0 Å². The monoisotopic (exact) mass is 276 g/mol. The van der Waals surface area contributed by atoms with Crippen molar-refractivity contribution in [2.45, 2.75) is 47.0 Å². The molecule has 0 amide bonds. The predicted molar refractivity (Wildman–Crippen MR) is 80.9 cm³/mol. The molecule has 0 fully saturated rings. The SMILES string of the molecule is CCOC(CCn1cnc2cc(C)c(C)cc21)OCC. The molecule has 0 atom stereocenters. The topological polar surface area (TPSA) is 36.3 Å². The second-order valence-corrected chi connectivity index (χ2v) is 4.99. The number of rotatable bonds is 7. The molecule has 0 bridgehead atoms. The fourth-order valence-electron chi connectivity index (χ4n) is 2.32. The molecule has 1 aromatic carbocycles. The summed E-state index contributed by atoms with van der Waals surface area (Å²) in [4.78, 5) is 4.47. The molecule has 2 aromatic rings. The third-order valence-corrected chi connectivity index (χ3v) is 3.55. The van der Waals surface area contributed by atoms with Gasteiger partial charge in [-0.15, -0.1) is 0 Å². The van der Waals surface area contributed by atoms with Gasteiger partial charge in [0.2, 0.25) is 0 Å². The average molecular weight is 276 g/mol. The van der Waals surface area contributed by atoms with E-state index in [-0.39, 0.29) is 6.29 Å². The summed E-state index contributed by atoms with van der Waals surface area (Å²) in [6, 6.07) is 4.35. The molecule has 1 heterocycles. The molecule has 0 unspecified atom stereocenters. The zero-order chi connectivity index (χ0) is 14.5. The maximum absolute atomic E-state index is 5.58. The number of benzene rings is 1. The highest BCUT2D eigenvalue weighted by Gasteiger charge is 2.10. The molecule has 2 rings (SSSR count). The highest BCUT2D eigenvalue weighted by molar-refractivity contribution is 5.77. The number of hydrogen-bond acceptors (Lipinski definition) is 3. The largest absolute Gasteiger partial charge is 0.353 e. The van der Waals surface area contributed by atoms with E-state index in [2.05, 4.69) is 35.5 Å². The van der Waals surface area contributed by atoms with E-state index in [1.807, 2.05) is 20.2 Å². The van der Waals surface area contributed by atoms with Crippen LogP contribution in [0.1, 0.15) is 31.4 Å². The lowest BCUT2D eigenvalue weighted by Crippen LogP contribution is -2.19. The summed E-state index contributed by atoms with van der Waals surface area (Å²) < 4.78 is 13.3. The maximum Gasteiger partial charge on any atom is 0.159 e. The Morgan fingerprint density at radius 2 is 1.75 bits per heavy atom. The molecule has 110 valence electrons. The zero-order valence-corrected chi connectivity index (χ0v) is 12.8. The van der Waals surface area contributed by atoms with Gasteiger partial charge in [-0.3, -0.25) is 0 Å². The van der Waals surface area contributed by atoms with Crippen molar-refractivity contribution in [3.63, 3.8) is 0 Å². The van der Waals surface area contributed by atoms with E-state index in [1.54, 1.807) is 0 Å². The minimum atomic E-state index is -0.131. The third kappa shape index (κ3) is 3.38. The first-order chi connectivity index (χ1) is 9.65. The summed E-state index contributed by atoms with van der Waals surface area (Å²) >= 11 is 0. The Labute approximate surface area is 120 Å². The number of imidazole rings is 1. The van der Waals surface area contributed by atoms with Crippen molar-refractivity contribution >= 4 is 11.0 Å². The highest BCUT2D eigenvalue weighted by Crippen LogP contribution is 2.19. The van der Waals surface area contributed by atoms with E-state index in [9.17, 15) is 0 Å². The quantitative estimate of drug-likeness (QED) is 0.727. The number of fused-ring (bicyclic) bond motifs is 1. The Kier molecular flexibility index (Phi) is 5.15. The molecule has 20 heavy (non-hydrogen) atoms. The van der Waals surface area contributed by atoms with Gasteiger partial charge in [0.05, 0.1) is 17.4 Å². The van der Waals surface area contributed by atoms with Crippen LogP contribution in [0, 0.1) is 13.8 Å². The van der Waals surface area contributed by atoms with Crippen LogP contribution >= 0.6 is 0 Å². The van der Waals surface area contributed by atoms with Gasteiger partial charge in [-0.25, -0.2) is 4.98 Å². The number of ether oxygens (including phenoxy) is 2. The predicted octanol–water partition coefficient (Wildman–Crippen LogP) is 3.44. The summed E-state index contributed by atoms with van der Waals surface area (Å²) in [7, 11) is 0. The van der Waals surface area contributed by atoms with E-state index < -0.39 is 0 Å². The molecular weight excluding hydrogens is 252 g/mol. The molecule has 0 N–H and O–H groups in total. The molecule has 0 spiro atoms. The Hall–Kier alpha value is -1.39. The lowest BCUT2D eigenvalue weighted by molar-refractivity contribution is -0.140. The molecule has 0 saturated heterocycles. The van der Waals surface area contributed by atoms with Crippen LogP contribution in [0.4, 0.5) is 0 Å². The van der Waals surface area contributed by atoms with Gasteiger partial charge in [0.15, 0.2) is 6.29 Å². The highest BCUT2D eigenvalue weighted by atomic mass is 16.7. The van der Waals surface area contributed by atoms with Gasteiger partial charge in [0.25, 0.3) is 0 Å². The van der Waals surface area contributed by atoms with Gasteiger partial charge < -0.3 is 14.0 Å². The molecule has 1 aromatic heterocycles. The minimum Gasteiger partial charge on any atom is -0.353 e. The summed E-state index contributed by atoms with van der Waals surface area (Å²) in [5, 5.41) is 0. The molecule has 0 saturated carbocycles. The molecule has 4 heteroatoms. The van der Waals surface area contributed by atoms with Crippen LogP contribution in [0.2, 0.25) is 0 Å². The summed E-state index contributed by atoms with van der Waals surface area (Å²) in [6.45, 7) is 10.4. The molecule has 0 radical (unpaired) electrons. The molecular formula is C16H24N2O2. The van der Waals surface area contributed by atoms with Gasteiger partial charge in [-0.1, -0.05) is 0 Å². The van der Waals surface area contributed by atoms with Crippen molar-refractivity contribution < 1.29 is 9.47 Å². The lowest BCUT2D eigenvalue weighted by Gasteiger charge is -2.17. The first kappa shape index (κ1) is 15.0. The van der Waals surface area contributed by atoms with Crippen molar-refractivity contribution in [3.8, 4) is 0 Å². The first-order valence-electron chi connectivity index (χ1n) is 7.31. The fraction of sp³-hybridized carbons (Fsp3) is 0.562. The Balaban J connectivity index is 2.11. The van der Waals surface area contributed by atoms with Crippen LogP contribution in [0.15, 0.2) is 18.5 Å². The second-order valence-electron chi connectivity index (χ2n) is 4.99. The van der Waals surface area contributed by atoms with E-state index in [0.29, 0.717) is 13.2 Å². The average Bonchev–Trinajstić information content (AvgIpc) is 2.79. The smallest absolute Gasteiger partial charge is 0.159 e. The van der Waals surface area contributed by atoms with Crippen molar-refractivity contribution in [1.82, 2.24) is 9.55 Å². The molecule has 0 aliphatic heterocycles. The van der Waals surface area contributed by atoms with Gasteiger partial charge in [-0.05, 0) is 51.0 Å². The Morgan fingerprint density at radius 3 is 2.40 bits per heavy atom. The van der Waals surface area contributed by atoms with Crippen LogP contribution in [0.25, 0.3) is 11.0 Å². The van der Waals surface area contributed by atoms with Crippen LogP contribution in [0.5, 0.6) is 0 Å². The second kappa shape index (κ2) is 6.86. The van der Waals surface area contributed by atoms with Crippen LogP contribution < -0.4 is 0 Å². The van der Waals surface area contributed by atoms with E-state index in [1.165, 1.54) is 16.6 Å². The van der Waals surface area contributed by atoms with Crippen LogP contribution in [-0.2, 0) is 16.0 Å². The Morgan fingerprint density at radius 1 is 1.10 bits per heavy atom. The van der Waals surface area contributed by atoms with Crippen LogP contribution in [-0.4, -0.2) is 29.1 Å². The summed E-state index contributed by atoms with van der Waals surface area (Å²) in [5.41, 5.74) is 4.81. The molecule has 0 aliphatic carbocycles. The fourth-order valence-corrected chi connectivity index (χ4v) is 2.32. The van der Waals surface area contributed by atoms with Gasteiger partial charge in [0.1, 0.15) is 0 Å². The lowest BCUT2D eigenvalue weighted by atomic mass is 10.1. The van der Waals surface area contributed by atoms with Crippen molar-refractivity contribution in [3.05, 3.63) is 29.6 Å². The Bertz CT molecular complexity index is 557. The molecule has 0 aliphatic rings. The normalized spacial score (nSPS) is 11.7. The van der Waals surface area contributed by atoms with E-state index in [0.717, 1.165) is 18.5 Å². The van der Waals surface area contributed by atoms with Gasteiger partial charge >= 0.3 is 0 Å². The number of aromatic nitrogens is 2. The number of nitrogens with zero attached hydrogens (tertiary/aromatic N) is 2.